The van der Waals surface area contributed by atoms with Crippen LogP contribution in [0.5, 0.6) is 0 Å². The van der Waals surface area contributed by atoms with E-state index < -0.39 is 0 Å². The molecule has 0 saturated heterocycles. The lowest BCUT2D eigenvalue weighted by atomic mass is 10.3. The molecular weight excluding hydrogens is 122 g/mol. The predicted octanol–water partition coefficient (Wildman–Crippen LogP) is 2.77. The van der Waals surface area contributed by atoms with Gasteiger partial charge in [0, 0.05) is 6.54 Å². The maximum atomic E-state index is 3.71. The van der Waals surface area contributed by atoms with Crippen LogP contribution in [0.15, 0.2) is 25.1 Å². The monoisotopic (exact) mass is 139 g/mol. The quantitative estimate of drug-likeness (QED) is 0.566. The summed E-state index contributed by atoms with van der Waals surface area (Å²) in [4.78, 5) is 2.10. The van der Waals surface area contributed by atoms with E-state index in [-0.39, 0.29) is 0 Å². The molecule has 0 saturated carbocycles. The van der Waals surface area contributed by atoms with Gasteiger partial charge in [0.05, 0.1) is 0 Å². The van der Waals surface area contributed by atoms with Gasteiger partial charge in [0.25, 0.3) is 0 Å². The van der Waals surface area contributed by atoms with E-state index in [0.717, 1.165) is 6.54 Å². The summed E-state index contributed by atoms with van der Waals surface area (Å²) in [5.41, 5.74) is 0. The Balaban J connectivity index is 3.49. The zero-order chi connectivity index (χ0) is 7.82. The number of rotatable bonds is 5. The molecule has 0 spiro atoms. The lowest BCUT2D eigenvalue weighted by Gasteiger charge is -2.12. The van der Waals surface area contributed by atoms with Crippen LogP contribution in [0.4, 0.5) is 0 Å². The molecule has 58 valence electrons. The first-order chi connectivity index (χ1) is 4.85. The Kier molecular flexibility index (Phi) is 5.94. The van der Waals surface area contributed by atoms with E-state index in [9.17, 15) is 0 Å². The van der Waals surface area contributed by atoms with Crippen molar-refractivity contribution in [1.82, 2.24) is 4.90 Å². The van der Waals surface area contributed by atoms with Crippen molar-refractivity contribution in [3.63, 3.8) is 0 Å². The van der Waals surface area contributed by atoms with Crippen molar-refractivity contribution in [2.45, 2.75) is 26.7 Å². The predicted molar refractivity (Wildman–Crippen MR) is 46.6 cm³/mol. The molecule has 0 aromatic rings. The first-order valence-corrected chi connectivity index (χ1v) is 3.86. The number of allylic oxidation sites excluding steroid dienone is 1. The van der Waals surface area contributed by atoms with Crippen LogP contribution in [-0.2, 0) is 0 Å². The minimum Gasteiger partial charge on any atom is -0.355 e. The molecular formula is C9H17N. The van der Waals surface area contributed by atoms with Crippen molar-refractivity contribution in [3.05, 3.63) is 25.1 Å². The molecule has 0 N–H and O–H groups in total. The SMILES string of the molecule is C=CN(C=CC)CCCC. The molecule has 1 nitrogen and oxygen atoms in total. The van der Waals surface area contributed by atoms with Crippen molar-refractivity contribution >= 4 is 0 Å². The van der Waals surface area contributed by atoms with Crippen LogP contribution in [0.25, 0.3) is 0 Å². The van der Waals surface area contributed by atoms with Crippen LogP contribution in [0, 0.1) is 0 Å². The van der Waals surface area contributed by atoms with Gasteiger partial charge in [0.15, 0.2) is 0 Å². The van der Waals surface area contributed by atoms with Gasteiger partial charge in [-0.1, -0.05) is 26.0 Å². The third-order valence-corrected chi connectivity index (χ3v) is 1.34. The van der Waals surface area contributed by atoms with Gasteiger partial charge < -0.3 is 4.90 Å². The van der Waals surface area contributed by atoms with Crippen LogP contribution in [0.2, 0.25) is 0 Å². The minimum absolute atomic E-state index is 1.09. The van der Waals surface area contributed by atoms with Gasteiger partial charge in [-0.15, -0.1) is 0 Å². The molecule has 10 heavy (non-hydrogen) atoms. The molecule has 0 aliphatic rings. The summed E-state index contributed by atoms with van der Waals surface area (Å²) >= 11 is 0. The fourth-order valence-corrected chi connectivity index (χ4v) is 0.759. The van der Waals surface area contributed by atoms with E-state index >= 15 is 0 Å². The maximum Gasteiger partial charge on any atom is 0.0219 e. The van der Waals surface area contributed by atoms with E-state index in [1.54, 1.807) is 0 Å². The maximum absolute atomic E-state index is 3.71. The molecule has 0 aromatic heterocycles. The second-order valence-electron chi connectivity index (χ2n) is 2.26. The molecule has 0 aliphatic carbocycles. The standard InChI is InChI=1S/C9H17N/c1-4-7-9-10(6-3)8-5-2/h5-6,8H,3-4,7,9H2,1-2H3. The summed E-state index contributed by atoms with van der Waals surface area (Å²) < 4.78 is 0. The zero-order valence-electron chi connectivity index (χ0n) is 7.01. The Hall–Kier alpha value is -0.720. The Morgan fingerprint density at radius 1 is 1.50 bits per heavy atom. The van der Waals surface area contributed by atoms with Crippen LogP contribution >= 0.6 is 0 Å². The average Bonchev–Trinajstić information content (AvgIpc) is 1.98. The lowest BCUT2D eigenvalue weighted by molar-refractivity contribution is 0.486. The van der Waals surface area contributed by atoms with Gasteiger partial charge in [-0.3, -0.25) is 0 Å². The molecule has 0 amide bonds. The zero-order valence-corrected chi connectivity index (χ0v) is 7.01. The fraction of sp³-hybridized carbons (Fsp3) is 0.556. The number of hydrogen-bond acceptors (Lipinski definition) is 1. The summed E-state index contributed by atoms with van der Waals surface area (Å²) in [5.74, 6) is 0. The molecule has 0 heterocycles. The van der Waals surface area contributed by atoms with E-state index in [2.05, 4.69) is 18.4 Å². The molecule has 1 heteroatoms. The number of nitrogens with zero attached hydrogens (tertiary/aromatic N) is 1. The third kappa shape index (κ3) is 4.19. The third-order valence-electron chi connectivity index (χ3n) is 1.34. The summed E-state index contributed by atoms with van der Waals surface area (Å²) in [6.07, 6.45) is 8.40. The van der Waals surface area contributed by atoms with Crippen LogP contribution in [0.3, 0.4) is 0 Å². The summed E-state index contributed by atoms with van der Waals surface area (Å²) in [5, 5.41) is 0. The molecule has 0 atom stereocenters. The molecule has 0 fully saturated rings. The molecule has 0 rings (SSSR count). The van der Waals surface area contributed by atoms with Crippen LogP contribution in [-0.4, -0.2) is 11.4 Å². The topological polar surface area (TPSA) is 3.24 Å². The highest BCUT2D eigenvalue weighted by atomic mass is 15.1. The largest absolute Gasteiger partial charge is 0.355 e. The first-order valence-electron chi connectivity index (χ1n) is 3.86. The Bertz CT molecular complexity index is 105. The molecule has 0 aliphatic heterocycles. The highest BCUT2D eigenvalue weighted by Crippen LogP contribution is 1.95. The van der Waals surface area contributed by atoms with Crippen molar-refractivity contribution < 1.29 is 0 Å². The van der Waals surface area contributed by atoms with Gasteiger partial charge in [-0.2, -0.15) is 0 Å². The van der Waals surface area contributed by atoms with Gasteiger partial charge in [-0.25, -0.2) is 0 Å². The number of hydrogen-bond donors (Lipinski definition) is 0. The summed E-state index contributed by atoms with van der Waals surface area (Å²) in [6, 6.07) is 0. The first kappa shape index (κ1) is 9.28. The molecule has 0 unspecified atom stereocenters. The van der Waals surface area contributed by atoms with Gasteiger partial charge in [-0.05, 0) is 25.7 Å². The van der Waals surface area contributed by atoms with Gasteiger partial charge >= 0.3 is 0 Å². The van der Waals surface area contributed by atoms with Gasteiger partial charge in [0.2, 0.25) is 0 Å². The van der Waals surface area contributed by atoms with Crippen molar-refractivity contribution in [1.29, 1.82) is 0 Å². The minimum atomic E-state index is 1.09. The molecule has 0 bridgehead atoms. The summed E-state index contributed by atoms with van der Waals surface area (Å²) in [7, 11) is 0. The second kappa shape index (κ2) is 6.40. The highest BCUT2D eigenvalue weighted by molar-refractivity contribution is 4.84. The molecule has 0 radical (unpaired) electrons. The molecule has 0 aromatic carbocycles. The summed E-state index contributed by atoms with van der Waals surface area (Å²) in [6.45, 7) is 9.00. The normalized spacial score (nSPS) is 10.2. The van der Waals surface area contributed by atoms with Crippen LogP contribution in [0.1, 0.15) is 26.7 Å². The average molecular weight is 139 g/mol. The van der Waals surface area contributed by atoms with Gasteiger partial charge in [0.1, 0.15) is 0 Å². The van der Waals surface area contributed by atoms with E-state index in [4.69, 9.17) is 0 Å². The Labute approximate surface area is 64.0 Å². The van der Waals surface area contributed by atoms with E-state index in [1.807, 2.05) is 25.4 Å². The van der Waals surface area contributed by atoms with Crippen molar-refractivity contribution in [2.24, 2.45) is 0 Å². The fourth-order valence-electron chi connectivity index (χ4n) is 0.759. The highest BCUT2D eigenvalue weighted by Gasteiger charge is 1.88. The van der Waals surface area contributed by atoms with E-state index in [1.165, 1.54) is 12.8 Å². The number of unbranched alkanes of at least 4 members (excludes halogenated alkanes) is 1. The van der Waals surface area contributed by atoms with E-state index in [0.29, 0.717) is 0 Å². The Morgan fingerprint density at radius 3 is 2.60 bits per heavy atom. The second-order valence-corrected chi connectivity index (χ2v) is 2.26. The smallest absolute Gasteiger partial charge is 0.0219 e. The Morgan fingerprint density at radius 2 is 2.20 bits per heavy atom. The van der Waals surface area contributed by atoms with Crippen LogP contribution < -0.4 is 0 Å². The lowest BCUT2D eigenvalue weighted by Crippen LogP contribution is -2.09. The van der Waals surface area contributed by atoms with Crippen molar-refractivity contribution in [2.75, 3.05) is 6.54 Å². The van der Waals surface area contributed by atoms with Crippen molar-refractivity contribution in [3.8, 4) is 0 Å².